The molecule has 3 heteroatoms. The number of hydrogen-bond acceptors (Lipinski definition) is 2. The average Bonchev–Trinajstić information content (AvgIpc) is 2.49. The number of ether oxygens (including phenoxy) is 1. The van der Waals surface area contributed by atoms with Crippen LogP contribution >= 0.6 is 0 Å². The van der Waals surface area contributed by atoms with Gasteiger partial charge in [0.15, 0.2) is 0 Å². The van der Waals surface area contributed by atoms with Crippen LogP contribution in [0.1, 0.15) is 15.9 Å². The Balaban J connectivity index is 1.74. The van der Waals surface area contributed by atoms with Gasteiger partial charge in [-0.2, -0.15) is 0 Å². The minimum absolute atomic E-state index is 0.246. The highest BCUT2D eigenvalue weighted by Crippen LogP contribution is 2.01. The van der Waals surface area contributed by atoms with Gasteiger partial charge in [-0.05, 0) is 17.7 Å². The van der Waals surface area contributed by atoms with Crippen molar-refractivity contribution in [1.82, 2.24) is 0 Å². The van der Waals surface area contributed by atoms with E-state index in [-0.39, 0.29) is 5.91 Å². The number of amides is 1. The van der Waals surface area contributed by atoms with E-state index in [4.69, 9.17) is 4.74 Å². The van der Waals surface area contributed by atoms with Crippen LogP contribution in [0.2, 0.25) is 0 Å². The van der Waals surface area contributed by atoms with Crippen LogP contribution in [0.15, 0.2) is 65.7 Å². The van der Waals surface area contributed by atoms with Gasteiger partial charge in [-0.1, -0.05) is 48.5 Å². The normalized spacial score (nSPS) is 10.7. The zero-order valence-corrected chi connectivity index (χ0v) is 10.5. The molecule has 1 amide bonds. The lowest BCUT2D eigenvalue weighted by Crippen LogP contribution is -2.00. The molecular weight excluding hydrogens is 238 g/mol. The van der Waals surface area contributed by atoms with Gasteiger partial charge in [0.25, 0.3) is 5.91 Å². The molecule has 2 rings (SSSR count). The highest BCUT2D eigenvalue weighted by atomic mass is 16.5. The summed E-state index contributed by atoms with van der Waals surface area (Å²) in [5.74, 6) is -0.246. The van der Waals surface area contributed by atoms with Gasteiger partial charge in [0.1, 0.15) is 0 Å². The lowest BCUT2D eigenvalue weighted by atomic mass is 10.2. The van der Waals surface area contributed by atoms with E-state index < -0.39 is 0 Å². The summed E-state index contributed by atoms with van der Waals surface area (Å²) >= 11 is 0. The first kappa shape index (κ1) is 13.2. The summed E-state index contributed by atoms with van der Waals surface area (Å²) in [7, 11) is 0. The molecule has 2 aromatic rings. The Labute approximate surface area is 112 Å². The van der Waals surface area contributed by atoms with E-state index in [0.717, 1.165) is 5.56 Å². The fourth-order valence-corrected chi connectivity index (χ4v) is 1.58. The maximum atomic E-state index is 11.6. The van der Waals surface area contributed by atoms with Crippen LogP contribution in [-0.2, 0) is 11.3 Å². The molecule has 0 aliphatic carbocycles. The zero-order chi connectivity index (χ0) is 13.3. The van der Waals surface area contributed by atoms with Gasteiger partial charge in [-0.3, -0.25) is 4.79 Å². The fraction of sp³-hybridized carbons (Fsp3) is 0.125. The van der Waals surface area contributed by atoms with Gasteiger partial charge >= 0.3 is 0 Å². The average molecular weight is 253 g/mol. The van der Waals surface area contributed by atoms with Crippen LogP contribution in [0.4, 0.5) is 0 Å². The van der Waals surface area contributed by atoms with Crippen molar-refractivity contribution in [2.45, 2.75) is 6.61 Å². The summed E-state index contributed by atoms with van der Waals surface area (Å²) in [4.78, 5) is 15.5. The number of carbonyl (C=O) groups excluding carboxylic acids is 1. The molecule has 0 saturated heterocycles. The Bertz CT molecular complexity index is 535. The van der Waals surface area contributed by atoms with Crippen molar-refractivity contribution >= 4 is 12.1 Å². The monoisotopic (exact) mass is 253 g/mol. The van der Waals surface area contributed by atoms with Gasteiger partial charge in [-0.15, -0.1) is 0 Å². The smallest absolute Gasteiger partial charge is 0.276 e. The van der Waals surface area contributed by atoms with E-state index in [2.05, 4.69) is 4.99 Å². The number of hydrogen-bond donors (Lipinski definition) is 0. The molecule has 2 aromatic carbocycles. The number of nitrogens with zero attached hydrogens (tertiary/aromatic N) is 1. The van der Waals surface area contributed by atoms with Gasteiger partial charge in [0, 0.05) is 11.8 Å². The van der Waals surface area contributed by atoms with Crippen LogP contribution in [0, 0.1) is 0 Å². The topological polar surface area (TPSA) is 38.7 Å². The molecule has 0 heterocycles. The summed E-state index contributed by atoms with van der Waals surface area (Å²) in [6, 6.07) is 18.8. The first-order chi connectivity index (χ1) is 9.36. The molecule has 0 fully saturated rings. The third kappa shape index (κ3) is 4.48. The van der Waals surface area contributed by atoms with E-state index in [1.165, 1.54) is 6.21 Å². The third-order valence-corrected chi connectivity index (χ3v) is 2.53. The Morgan fingerprint density at radius 1 is 1.00 bits per heavy atom. The van der Waals surface area contributed by atoms with E-state index in [0.29, 0.717) is 18.8 Å². The molecule has 96 valence electrons. The quantitative estimate of drug-likeness (QED) is 0.606. The molecule has 0 saturated carbocycles. The van der Waals surface area contributed by atoms with Gasteiger partial charge in [0.2, 0.25) is 0 Å². The minimum Gasteiger partial charge on any atom is -0.371 e. The number of carbonyl (C=O) groups is 1. The highest BCUT2D eigenvalue weighted by Gasteiger charge is 1.99. The molecule has 3 nitrogen and oxygen atoms in total. The molecule has 0 aliphatic rings. The van der Waals surface area contributed by atoms with Crippen molar-refractivity contribution in [3.05, 3.63) is 71.8 Å². The fourth-order valence-electron chi connectivity index (χ4n) is 1.58. The van der Waals surface area contributed by atoms with Crippen LogP contribution in [0.25, 0.3) is 0 Å². The van der Waals surface area contributed by atoms with Crippen molar-refractivity contribution in [3.63, 3.8) is 0 Å². The Morgan fingerprint density at radius 2 is 1.63 bits per heavy atom. The van der Waals surface area contributed by atoms with Gasteiger partial charge in [-0.25, -0.2) is 4.99 Å². The predicted octanol–water partition coefficient (Wildman–Crippen LogP) is 3.11. The van der Waals surface area contributed by atoms with Crippen molar-refractivity contribution in [1.29, 1.82) is 0 Å². The second-order valence-electron chi connectivity index (χ2n) is 3.98. The maximum Gasteiger partial charge on any atom is 0.276 e. The van der Waals surface area contributed by atoms with E-state index in [9.17, 15) is 4.79 Å². The zero-order valence-electron chi connectivity index (χ0n) is 10.5. The minimum atomic E-state index is -0.246. The van der Waals surface area contributed by atoms with E-state index in [1.807, 2.05) is 48.5 Å². The molecule has 0 radical (unpaired) electrons. The summed E-state index contributed by atoms with van der Waals surface area (Å²) < 4.78 is 5.40. The lowest BCUT2D eigenvalue weighted by molar-refractivity contribution is 0.100. The second-order valence-corrected chi connectivity index (χ2v) is 3.98. The number of aliphatic imine (C=N–C) groups is 1. The predicted molar refractivity (Wildman–Crippen MR) is 75.4 cm³/mol. The van der Waals surface area contributed by atoms with Crippen molar-refractivity contribution in [2.75, 3.05) is 6.61 Å². The third-order valence-electron chi connectivity index (χ3n) is 2.53. The molecule has 0 unspecified atom stereocenters. The Morgan fingerprint density at radius 3 is 2.32 bits per heavy atom. The molecule has 0 aromatic heterocycles. The van der Waals surface area contributed by atoms with Crippen LogP contribution < -0.4 is 0 Å². The summed E-state index contributed by atoms with van der Waals surface area (Å²) in [6.45, 7) is 0.847. The van der Waals surface area contributed by atoms with Crippen molar-refractivity contribution in [2.24, 2.45) is 4.99 Å². The Kier molecular flexibility index (Phi) is 5.02. The Hall–Kier alpha value is -2.26. The summed E-state index contributed by atoms with van der Waals surface area (Å²) in [5, 5.41) is 0. The van der Waals surface area contributed by atoms with Crippen LogP contribution in [0.3, 0.4) is 0 Å². The molecule has 0 atom stereocenters. The van der Waals surface area contributed by atoms with E-state index in [1.54, 1.807) is 12.1 Å². The van der Waals surface area contributed by atoms with Crippen LogP contribution in [0.5, 0.6) is 0 Å². The number of benzene rings is 2. The first-order valence-corrected chi connectivity index (χ1v) is 6.10. The van der Waals surface area contributed by atoms with Gasteiger partial charge < -0.3 is 4.74 Å². The SMILES string of the molecule is O=C(N=CCOCc1ccccc1)c1ccccc1. The molecule has 19 heavy (non-hydrogen) atoms. The standard InChI is InChI=1S/C16H15NO2/c18-16(15-9-5-2-6-10-15)17-11-12-19-13-14-7-3-1-4-8-14/h1-11H,12-13H2. The van der Waals surface area contributed by atoms with Crippen molar-refractivity contribution < 1.29 is 9.53 Å². The second kappa shape index (κ2) is 7.24. The molecule has 0 N–H and O–H groups in total. The maximum absolute atomic E-state index is 11.6. The van der Waals surface area contributed by atoms with Crippen molar-refractivity contribution in [3.8, 4) is 0 Å². The van der Waals surface area contributed by atoms with E-state index >= 15 is 0 Å². The summed E-state index contributed by atoms with van der Waals surface area (Å²) in [5.41, 5.74) is 1.69. The van der Waals surface area contributed by atoms with Gasteiger partial charge in [0.05, 0.1) is 13.2 Å². The molecular formula is C16H15NO2. The molecule has 0 bridgehead atoms. The molecule has 0 spiro atoms. The lowest BCUT2D eigenvalue weighted by Gasteiger charge is -2.00. The van der Waals surface area contributed by atoms with Crippen LogP contribution in [-0.4, -0.2) is 18.7 Å². The largest absolute Gasteiger partial charge is 0.371 e. The summed E-state index contributed by atoms with van der Waals surface area (Å²) in [6.07, 6.45) is 1.50. The molecule has 0 aliphatic heterocycles. The highest BCUT2D eigenvalue weighted by molar-refractivity contribution is 5.98. The first-order valence-electron chi connectivity index (χ1n) is 6.10. The number of rotatable bonds is 5.